The van der Waals surface area contributed by atoms with Crippen molar-refractivity contribution in [3.05, 3.63) is 12.2 Å². The summed E-state index contributed by atoms with van der Waals surface area (Å²) in [5, 5.41) is 14.4. The Morgan fingerprint density at radius 1 is 1.56 bits per heavy atom. The van der Waals surface area contributed by atoms with Crippen LogP contribution in [0.25, 0.3) is 0 Å². The fraction of sp³-hybridized carbons (Fsp3) is 0.833. The van der Waals surface area contributed by atoms with Crippen LogP contribution in [0.15, 0.2) is 6.33 Å². The van der Waals surface area contributed by atoms with E-state index in [1.54, 1.807) is 4.68 Å². The summed E-state index contributed by atoms with van der Waals surface area (Å²) in [4.78, 5) is 6.46. The van der Waals surface area contributed by atoms with Gasteiger partial charge >= 0.3 is 0 Å². The summed E-state index contributed by atoms with van der Waals surface area (Å²) in [7, 11) is 0. The van der Waals surface area contributed by atoms with Crippen molar-refractivity contribution >= 4 is 0 Å². The third-order valence-electron chi connectivity index (χ3n) is 3.28. The van der Waals surface area contributed by atoms with Crippen LogP contribution in [-0.2, 0) is 11.3 Å². The van der Waals surface area contributed by atoms with Gasteiger partial charge in [0.25, 0.3) is 0 Å². The van der Waals surface area contributed by atoms with Crippen LogP contribution in [0.4, 0.5) is 0 Å². The van der Waals surface area contributed by atoms with Gasteiger partial charge in [-0.15, -0.1) is 0 Å². The molecule has 0 saturated carbocycles. The van der Waals surface area contributed by atoms with Crippen LogP contribution in [0.5, 0.6) is 0 Å². The minimum absolute atomic E-state index is 0.209. The zero-order chi connectivity index (χ0) is 13.0. The largest absolute Gasteiger partial charge is 0.382 e. The third-order valence-corrected chi connectivity index (χ3v) is 3.28. The first-order valence-electron chi connectivity index (χ1n) is 6.66. The van der Waals surface area contributed by atoms with E-state index in [-0.39, 0.29) is 6.10 Å². The number of aromatic nitrogens is 3. The molecule has 0 radical (unpaired) electrons. The lowest BCUT2D eigenvalue weighted by Crippen LogP contribution is -2.45. The van der Waals surface area contributed by atoms with Gasteiger partial charge in [-0.1, -0.05) is 6.92 Å². The van der Waals surface area contributed by atoms with Gasteiger partial charge in [0.15, 0.2) is 5.82 Å². The summed E-state index contributed by atoms with van der Waals surface area (Å²) >= 11 is 0. The second-order valence-corrected chi connectivity index (χ2v) is 4.59. The van der Waals surface area contributed by atoms with E-state index in [1.807, 2.05) is 6.92 Å². The molecule has 0 spiro atoms. The first kappa shape index (κ1) is 13.5. The predicted molar refractivity (Wildman–Crippen MR) is 67.1 cm³/mol. The van der Waals surface area contributed by atoms with E-state index in [1.165, 1.54) is 6.33 Å². The summed E-state index contributed by atoms with van der Waals surface area (Å²) in [6.45, 7) is 8.26. The molecule has 1 N–H and O–H groups in total. The number of hydrogen-bond donors (Lipinski definition) is 1. The third kappa shape index (κ3) is 2.88. The van der Waals surface area contributed by atoms with Gasteiger partial charge in [-0.3, -0.25) is 4.90 Å². The number of aryl methyl sites for hydroxylation is 1. The average Bonchev–Trinajstić information content (AvgIpc) is 2.87. The molecule has 0 aliphatic carbocycles. The van der Waals surface area contributed by atoms with Crippen molar-refractivity contribution in [2.75, 3.05) is 26.2 Å². The van der Waals surface area contributed by atoms with Crippen LogP contribution >= 0.6 is 0 Å². The van der Waals surface area contributed by atoms with Gasteiger partial charge in [-0.05, 0) is 19.9 Å². The van der Waals surface area contributed by atoms with Crippen LogP contribution in [0.3, 0.4) is 0 Å². The zero-order valence-corrected chi connectivity index (χ0v) is 11.1. The molecule has 0 bridgehead atoms. The van der Waals surface area contributed by atoms with Crippen molar-refractivity contribution in [3.8, 4) is 0 Å². The second kappa shape index (κ2) is 6.26. The number of hydrogen-bond acceptors (Lipinski definition) is 5. The van der Waals surface area contributed by atoms with Crippen LogP contribution in [0.2, 0.25) is 0 Å². The molecule has 0 aromatic carbocycles. The van der Waals surface area contributed by atoms with Gasteiger partial charge in [-0.25, -0.2) is 9.67 Å². The predicted octanol–water partition coefficient (Wildman–Crippen LogP) is 0.442. The highest BCUT2D eigenvalue weighted by atomic mass is 16.5. The van der Waals surface area contributed by atoms with Crippen LogP contribution in [0, 0.1) is 0 Å². The lowest BCUT2D eigenvalue weighted by atomic mass is 10.1. The van der Waals surface area contributed by atoms with Crippen molar-refractivity contribution in [1.29, 1.82) is 0 Å². The molecule has 2 heterocycles. The van der Waals surface area contributed by atoms with E-state index >= 15 is 0 Å². The number of morpholine rings is 1. The molecule has 1 aromatic heterocycles. The van der Waals surface area contributed by atoms with E-state index in [9.17, 15) is 5.11 Å². The molecular formula is C12H22N4O2. The molecule has 1 aliphatic rings. The van der Waals surface area contributed by atoms with Crippen molar-refractivity contribution < 1.29 is 9.84 Å². The Balaban J connectivity index is 2.02. The lowest BCUT2D eigenvalue weighted by Gasteiger charge is -2.34. The molecular weight excluding hydrogens is 232 g/mol. The molecule has 102 valence electrons. The standard InChI is InChI=1S/C12H22N4O2/c1-3-5-15-6-7-18-10(8-15)11(17)12-13-9-14-16(12)4-2/h9-11,17H,3-8H2,1-2H3. The maximum atomic E-state index is 10.4. The Kier molecular flexibility index (Phi) is 4.68. The second-order valence-electron chi connectivity index (χ2n) is 4.59. The summed E-state index contributed by atoms with van der Waals surface area (Å²) < 4.78 is 7.38. The smallest absolute Gasteiger partial charge is 0.158 e. The monoisotopic (exact) mass is 254 g/mol. The van der Waals surface area contributed by atoms with Gasteiger partial charge in [0.1, 0.15) is 18.5 Å². The number of rotatable bonds is 5. The van der Waals surface area contributed by atoms with Gasteiger partial charge in [0.05, 0.1) is 6.61 Å². The summed E-state index contributed by atoms with van der Waals surface area (Å²) in [5.41, 5.74) is 0. The first-order chi connectivity index (χ1) is 8.76. The fourth-order valence-corrected chi connectivity index (χ4v) is 2.35. The van der Waals surface area contributed by atoms with E-state index in [0.29, 0.717) is 19.0 Å². The minimum Gasteiger partial charge on any atom is -0.382 e. The molecule has 2 unspecified atom stereocenters. The topological polar surface area (TPSA) is 63.4 Å². The fourth-order valence-electron chi connectivity index (χ4n) is 2.35. The average molecular weight is 254 g/mol. The van der Waals surface area contributed by atoms with Gasteiger partial charge in [0.2, 0.25) is 0 Å². The van der Waals surface area contributed by atoms with Crippen LogP contribution < -0.4 is 0 Å². The number of aliphatic hydroxyl groups excluding tert-OH is 1. The van der Waals surface area contributed by atoms with Crippen molar-refractivity contribution in [2.45, 2.75) is 39.0 Å². The Morgan fingerprint density at radius 3 is 3.11 bits per heavy atom. The number of aliphatic hydroxyl groups is 1. The maximum absolute atomic E-state index is 10.4. The highest BCUT2D eigenvalue weighted by Crippen LogP contribution is 2.20. The van der Waals surface area contributed by atoms with Crippen molar-refractivity contribution in [2.24, 2.45) is 0 Å². The summed E-state index contributed by atoms with van der Waals surface area (Å²) in [6, 6.07) is 0. The molecule has 6 heteroatoms. The van der Waals surface area contributed by atoms with E-state index in [0.717, 1.165) is 26.1 Å². The van der Waals surface area contributed by atoms with Gasteiger partial charge in [0, 0.05) is 19.6 Å². The maximum Gasteiger partial charge on any atom is 0.158 e. The van der Waals surface area contributed by atoms with E-state index in [4.69, 9.17) is 4.74 Å². The SMILES string of the molecule is CCCN1CCOC(C(O)c2ncnn2CC)C1. The normalized spacial score (nSPS) is 23.2. The lowest BCUT2D eigenvalue weighted by molar-refractivity contribution is -0.0933. The zero-order valence-electron chi connectivity index (χ0n) is 11.1. The van der Waals surface area contributed by atoms with Crippen molar-refractivity contribution in [3.63, 3.8) is 0 Å². The van der Waals surface area contributed by atoms with Gasteiger partial charge in [-0.2, -0.15) is 5.10 Å². The molecule has 18 heavy (non-hydrogen) atoms. The van der Waals surface area contributed by atoms with Gasteiger partial charge < -0.3 is 9.84 Å². The molecule has 2 rings (SSSR count). The van der Waals surface area contributed by atoms with Crippen molar-refractivity contribution in [1.82, 2.24) is 19.7 Å². The summed E-state index contributed by atoms with van der Waals surface area (Å²) in [5.74, 6) is 0.598. The molecule has 0 amide bonds. The number of nitrogens with zero attached hydrogens (tertiary/aromatic N) is 4. The Bertz CT molecular complexity index is 367. The molecule has 1 aliphatic heterocycles. The van der Waals surface area contributed by atoms with Crippen LogP contribution in [0.1, 0.15) is 32.2 Å². The molecule has 2 atom stereocenters. The van der Waals surface area contributed by atoms with E-state index in [2.05, 4.69) is 21.9 Å². The minimum atomic E-state index is -0.702. The van der Waals surface area contributed by atoms with E-state index < -0.39 is 6.10 Å². The quantitative estimate of drug-likeness (QED) is 0.826. The van der Waals surface area contributed by atoms with Crippen LogP contribution in [-0.4, -0.2) is 57.1 Å². The summed E-state index contributed by atoms with van der Waals surface area (Å²) in [6.07, 6.45) is 1.69. The highest BCUT2D eigenvalue weighted by Gasteiger charge is 2.30. The molecule has 1 fully saturated rings. The highest BCUT2D eigenvalue weighted by molar-refractivity contribution is 4.95. The molecule has 1 aromatic rings. The first-order valence-corrected chi connectivity index (χ1v) is 6.66. The Morgan fingerprint density at radius 2 is 2.39 bits per heavy atom. The Labute approximate surface area is 108 Å². The number of ether oxygens (including phenoxy) is 1. The Hall–Kier alpha value is -0.980. The molecule has 6 nitrogen and oxygen atoms in total. The molecule has 1 saturated heterocycles.